The maximum Gasteiger partial charge on any atom is 0.147 e. The number of fused-ring (bicyclic) bond motifs is 5. The van der Waals surface area contributed by atoms with Gasteiger partial charge in [0.2, 0.25) is 0 Å². The Hall–Kier alpha value is -1.79. The summed E-state index contributed by atoms with van der Waals surface area (Å²) in [6.45, 7) is 3.90. The largest absolute Gasteiger partial charge is 0.376 e. The molecule has 5 nitrogen and oxygen atoms in total. The normalized spacial score (nSPS) is 20.0. The standard InChI is InChI=1S/C20H24N4OS/c1-2-15-13-7-3-4-8-14(13)16-17-18(26-20(16)24-15)19(23-11-22-17)21-10-12-6-5-9-25-12/h11-12H,2-10H2,1H3,(H,21,22,23)/t12-/m1/s1. The lowest BCUT2D eigenvalue weighted by Crippen LogP contribution is -2.18. The number of hydrogen-bond acceptors (Lipinski definition) is 6. The van der Waals surface area contributed by atoms with Gasteiger partial charge in [0.1, 0.15) is 17.0 Å². The van der Waals surface area contributed by atoms with Crippen LogP contribution in [0.5, 0.6) is 0 Å². The number of rotatable bonds is 4. The van der Waals surface area contributed by atoms with Gasteiger partial charge in [0.05, 0.1) is 16.3 Å². The van der Waals surface area contributed by atoms with Crippen LogP contribution in [0, 0.1) is 0 Å². The van der Waals surface area contributed by atoms with Crippen molar-refractivity contribution in [2.75, 3.05) is 18.5 Å². The lowest BCUT2D eigenvalue weighted by molar-refractivity contribution is 0.120. The van der Waals surface area contributed by atoms with E-state index in [1.807, 2.05) is 0 Å². The van der Waals surface area contributed by atoms with E-state index >= 15 is 0 Å². The van der Waals surface area contributed by atoms with Gasteiger partial charge >= 0.3 is 0 Å². The van der Waals surface area contributed by atoms with Crippen LogP contribution in [0.2, 0.25) is 0 Å². The molecule has 0 radical (unpaired) electrons. The Morgan fingerprint density at radius 1 is 1.19 bits per heavy atom. The minimum atomic E-state index is 0.298. The molecule has 0 spiro atoms. The Kier molecular flexibility index (Phi) is 4.25. The predicted octanol–water partition coefficient (Wildman–Crippen LogP) is 4.27. The molecule has 26 heavy (non-hydrogen) atoms. The van der Waals surface area contributed by atoms with Crippen LogP contribution in [-0.2, 0) is 24.0 Å². The van der Waals surface area contributed by atoms with E-state index in [4.69, 9.17) is 9.72 Å². The van der Waals surface area contributed by atoms with E-state index in [1.165, 1.54) is 35.0 Å². The second kappa shape index (κ2) is 6.74. The van der Waals surface area contributed by atoms with E-state index in [-0.39, 0.29) is 0 Å². The van der Waals surface area contributed by atoms with Crippen molar-refractivity contribution in [3.8, 4) is 0 Å². The van der Waals surface area contributed by atoms with Gasteiger partial charge in [-0.1, -0.05) is 6.92 Å². The van der Waals surface area contributed by atoms with Crippen LogP contribution in [0.25, 0.3) is 20.4 Å². The van der Waals surface area contributed by atoms with Crippen LogP contribution in [0.3, 0.4) is 0 Å². The fraction of sp³-hybridized carbons (Fsp3) is 0.550. The van der Waals surface area contributed by atoms with E-state index in [1.54, 1.807) is 17.7 Å². The van der Waals surface area contributed by atoms with Crippen molar-refractivity contribution in [3.63, 3.8) is 0 Å². The molecule has 0 aromatic carbocycles. The molecule has 3 aromatic heterocycles. The summed E-state index contributed by atoms with van der Waals surface area (Å²) in [6.07, 6.45) is 10.1. The lowest BCUT2D eigenvalue weighted by atomic mass is 9.88. The first-order valence-electron chi connectivity index (χ1n) is 9.78. The van der Waals surface area contributed by atoms with Crippen molar-refractivity contribution in [3.05, 3.63) is 23.1 Å². The Morgan fingerprint density at radius 3 is 2.88 bits per heavy atom. The molecule has 0 unspecified atom stereocenters. The van der Waals surface area contributed by atoms with Crippen LogP contribution < -0.4 is 5.32 Å². The average Bonchev–Trinajstić information content (AvgIpc) is 3.33. The zero-order chi connectivity index (χ0) is 17.5. The SMILES string of the molecule is CCc1nc2sc3c(NC[C@H]4CCCO4)ncnc3c2c2c1CCCC2. The summed E-state index contributed by atoms with van der Waals surface area (Å²) < 4.78 is 6.87. The van der Waals surface area contributed by atoms with Gasteiger partial charge in [-0.3, -0.25) is 0 Å². The van der Waals surface area contributed by atoms with Crippen molar-refractivity contribution < 1.29 is 4.74 Å². The van der Waals surface area contributed by atoms with Crippen molar-refractivity contribution >= 4 is 37.6 Å². The molecule has 0 bridgehead atoms. The van der Waals surface area contributed by atoms with Gasteiger partial charge in [0, 0.05) is 24.2 Å². The number of nitrogens with zero attached hydrogens (tertiary/aromatic N) is 3. The number of aryl methyl sites for hydroxylation is 2. The number of anilines is 1. The number of nitrogens with one attached hydrogen (secondary N) is 1. The maximum absolute atomic E-state index is 5.74. The van der Waals surface area contributed by atoms with Crippen molar-refractivity contribution in [2.45, 2.75) is 58.0 Å². The smallest absolute Gasteiger partial charge is 0.147 e. The molecule has 3 aromatic rings. The molecular formula is C20H24N4OS. The third kappa shape index (κ3) is 2.67. The summed E-state index contributed by atoms with van der Waals surface area (Å²) in [4.78, 5) is 15.3. The van der Waals surface area contributed by atoms with Crippen molar-refractivity contribution in [2.24, 2.45) is 0 Å². The summed E-state index contributed by atoms with van der Waals surface area (Å²) in [6, 6.07) is 0. The quantitative estimate of drug-likeness (QED) is 0.745. The highest BCUT2D eigenvalue weighted by atomic mass is 32.1. The topological polar surface area (TPSA) is 59.9 Å². The summed E-state index contributed by atoms with van der Waals surface area (Å²) in [5.41, 5.74) is 5.33. The summed E-state index contributed by atoms with van der Waals surface area (Å²) in [5.74, 6) is 0.927. The number of pyridine rings is 1. The van der Waals surface area contributed by atoms with Crippen LogP contribution in [-0.4, -0.2) is 34.2 Å². The zero-order valence-electron chi connectivity index (χ0n) is 15.2. The molecule has 1 aliphatic carbocycles. The van der Waals surface area contributed by atoms with Gasteiger partial charge in [0.15, 0.2) is 0 Å². The second-order valence-electron chi connectivity index (χ2n) is 7.27. The van der Waals surface area contributed by atoms with E-state index in [0.717, 1.165) is 66.1 Å². The van der Waals surface area contributed by atoms with Crippen LogP contribution >= 0.6 is 11.3 Å². The molecule has 0 saturated carbocycles. The van der Waals surface area contributed by atoms with Gasteiger partial charge in [-0.2, -0.15) is 0 Å². The van der Waals surface area contributed by atoms with Crippen LogP contribution in [0.1, 0.15) is 49.4 Å². The number of aromatic nitrogens is 3. The van der Waals surface area contributed by atoms with Crippen LogP contribution in [0.15, 0.2) is 6.33 Å². The van der Waals surface area contributed by atoms with Gasteiger partial charge in [-0.25, -0.2) is 15.0 Å². The monoisotopic (exact) mass is 368 g/mol. The fourth-order valence-electron chi connectivity index (χ4n) is 4.37. The molecule has 1 fully saturated rings. The van der Waals surface area contributed by atoms with Gasteiger partial charge in [-0.05, 0) is 56.1 Å². The first-order chi connectivity index (χ1) is 12.8. The molecule has 2 aliphatic rings. The van der Waals surface area contributed by atoms with E-state index in [2.05, 4.69) is 22.2 Å². The molecule has 6 heteroatoms. The second-order valence-corrected chi connectivity index (χ2v) is 8.27. The Balaban J connectivity index is 1.63. The average molecular weight is 369 g/mol. The molecule has 1 saturated heterocycles. The Labute approximate surface area is 157 Å². The molecule has 1 N–H and O–H groups in total. The highest BCUT2D eigenvalue weighted by Crippen LogP contribution is 2.40. The summed E-state index contributed by atoms with van der Waals surface area (Å²) in [5, 5.41) is 4.78. The van der Waals surface area contributed by atoms with Gasteiger partial charge < -0.3 is 10.1 Å². The van der Waals surface area contributed by atoms with Gasteiger partial charge in [0.25, 0.3) is 0 Å². The van der Waals surface area contributed by atoms with E-state index < -0.39 is 0 Å². The molecule has 5 rings (SSSR count). The first-order valence-corrected chi connectivity index (χ1v) is 10.6. The summed E-state index contributed by atoms with van der Waals surface area (Å²) >= 11 is 1.73. The van der Waals surface area contributed by atoms with Crippen molar-refractivity contribution in [1.29, 1.82) is 0 Å². The lowest BCUT2D eigenvalue weighted by Gasteiger charge is -2.19. The number of ether oxygens (including phenoxy) is 1. The molecule has 0 amide bonds. The van der Waals surface area contributed by atoms with Crippen LogP contribution in [0.4, 0.5) is 5.82 Å². The molecule has 1 aliphatic heterocycles. The zero-order valence-corrected chi connectivity index (χ0v) is 16.0. The third-order valence-electron chi connectivity index (χ3n) is 5.66. The number of hydrogen-bond donors (Lipinski definition) is 1. The molecule has 4 heterocycles. The third-order valence-corrected chi connectivity index (χ3v) is 6.74. The first kappa shape index (κ1) is 16.4. The van der Waals surface area contributed by atoms with Gasteiger partial charge in [-0.15, -0.1) is 11.3 Å². The highest BCUT2D eigenvalue weighted by Gasteiger charge is 2.23. The molecular weight excluding hydrogens is 344 g/mol. The Bertz CT molecular complexity index is 961. The maximum atomic E-state index is 5.74. The van der Waals surface area contributed by atoms with E-state index in [9.17, 15) is 0 Å². The molecule has 136 valence electrons. The molecule has 1 atom stereocenters. The highest BCUT2D eigenvalue weighted by molar-refractivity contribution is 7.26. The predicted molar refractivity (Wildman–Crippen MR) is 106 cm³/mol. The number of thiophene rings is 1. The van der Waals surface area contributed by atoms with E-state index in [0.29, 0.717) is 6.10 Å². The Morgan fingerprint density at radius 2 is 2.08 bits per heavy atom. The summed E-state index contributed by atoms with van der Waals surface area (Å²) in [7, 11) is 0. The van der Waals surface area contributed by atoms with Crippen molar-refractivity contribution in [1.82, 2.24) is 15.0 Å². The minimum absolute atomic E-state index is 0.298. The fourth-order valence-corrected chi connectivity index (χ4v) is 5.52. The minimum Gasteiger partial charge on any atom is -0.376 e.